The molecule has 0 bridgehead atoms. The van der Waals surface area contributed by atoms with E-state index in [2.05, 4.69) is 31.9 Å². The van der Waals surface area contributed by atoms with Crippen LogP contribution in [0.25, 0.3) is 0 Å². The molecule has 250 valence electrons. The zero-order valence-corrected chi connectivity index (χ0v) is 25.4. The zero-order valence-electron chi connectivity index (χ0n) is 24.6. The van der Waals surface area contributed by atoms with Crippen LogP contribution in [-0.4, -0.2) is 102 Å². The van der Waals surface area contributed by atoms with Gasteiger partial charge in [0.25, 0.3) is 0 Å². The predicted octanol–water partition coefficient (Wildman–Crippen LogP) is -2.05. The topological polar surface area (TPSA) is 238 Å². The number of carbonyl (C=O) groups excluding carboxylic acids is 7. The third-order valence-electron chi connectivity index (χ3n) is 5.69. The van der Waals surface area contributed by atoms with E-state index in [0.29, 0.717) is 5.56 Å². The van der Waals surface area contributed by atoms with Crippen LogP contribution in [-0.2, 0) is 40.0 Å². The Balaban J connectivity index is 2.76. The Hall–Kier alpha value is -4.39. The quantitative estimate of drug-likeness (QED) is 0.0908. The first-order valence-electron chi connectivity index (χ1n) is 13.3. The molecule has 0 fully saturated rings. The van der Waals surface area contributed by atoms with Gasteiger partial charge in [0.1, 0.15) is 23.9 Å². The normalized spacial score (nSPS) is 13.7. The minimum Gasteiger partial charge on any atom is -0.508 e. The van der Waals surface area contributed by atoms with Crippen LogP contribution >= 0.6 is 11.8 Å². The molecule has 45 heavy (non-hydrogen) atoms. The number of hydrogen-bond acceptors (Lipinski definition) is 10. The van der Waals surface area contributed by atoms with Crippen LogP contribution in [0.1, 0.15) is 25.8 Å². The van der Waals surface area contributed by atoms with Gasteiger partial charge in [-0.1, -0.05) is 23.9 Å². The van der Waals surface area contributed by atoms with Crippen LogP contribution in [0.5, 0.6) is 5.75 Å². The smallest absolute Gasteiger partial charge is 0.398 e. The van der Waals surface area contributed by atoms with Gasteiger partial charge in [-0.05, 0) is 38.6 Å². The van der Waals surface area contributed by atoms with Gasteiger partial charge in [0.15, 0.2) is 0 Å². The molecule has 0 radical (unpaired) electrons. The van der Waals surface area contributed by atoms with Crippen molar-refractivity contribution in [2.45, 2.75) is 57.0 Å². The molecule has 0 aliphatic rings. The second-order valence-corrected chi connectivity index (χ2v) is 10.7. The molecule has 0 heterocycles. The first-order valence-corrected chi connectivity index (χ1v) is 14.3. The summed E-state index contributed by atoms with van der Waals surface area (Å²) < 4.78 is 37.1. The van der Waals surface area contributed by atoms with Gasteiger partial charge in [-0.2, -0.15) is 13.2 Å². The molecule has 0 aliphatic heterocycles. The molecule has 0 aromatic heterocycles. The maximum absolute atomic E-state index is 12.8. The summed E-state index contributed by atoms with van der Waals surface area (Å²) in [7, 11) is 1.53. The number of aromatic hydroxyl groups is 1. The molecule has 1 rings (SSSR count). The van der Waals surface area contributed by atoms with Crippen LogP contribution < -0.4 is 37.6 Å². The van der Waals surface area contributed by atoms with Crippen LogP contribution in [0.2, 0.25) is 0 Å². The lowest BCUT2D eigenvalue weighted by Gasteiger charge is -2.22. The summed E-state index contributed by atoms with van der Waals surface area (Å²) in [6, 6.07) is 0.441. The number of halogens is 3. The van der Waals surface area contributed by atoms with Crippen molar-refractivity contribution in [2.75, 3.05) is 25.9 Å². The SMILES string of the molecule is CNCC(=O)N[C@@H](Cc1ccc(O)cc1)C(=O)NCC(=O)NC(C)C(=O)N[C@@H](CC(N)=O)C(=O)NC(C)C(=O)SCC(F)(F)F. The molecule has 0 saturated carbocycles. The van der Waals surface area contributed by atoms with Gasteiger partial charge >= 0.3 is 6.18 Å². The van der Waals surface area contributed by atoms with Crippen molar-refractivity contribution >= 4 is 52.3 Å². The van der Waals surface area contributed by atoms with Crippen molar-refractivity contribution < 1.29 is 51.8 Å². The Bertz CT molecular complexity index is 1230. The highest BCUT2D eigenvalue weighted by Gasteiger charge is 2.32. The third kappa shape index (κ3) is 15.8. The van der Waals surface area contributed by atoms with E-state index in [1.54, 1.807) is 12.1 Å². The van der Waals surface area contributed by atoms with Gasteiger partial charge in [-0.25, -0.2) is 0 Å². The molecule has 0 aliphatic carbocycles. The Kier molecular flexibility index (Phi) is 15.8. The predicted molar refractivity (Wildman–Crippen MR) is 155 cm³/mol. The van der Waals surface area contributed by atoms with Gasteiger partial charge < -0.3 is 42.7 Å². The first-order chi connectivity index (χ1) is 20.9. The number of primary amides is 1. The largest absolute Gasteiger partial charge is 0.508 e. The van der Waals surface area contributed by atoms with Crippen molar-refractivity contribution in [3.8, 4) is 5.75 Å². The van der Waals surface area contributed by atoms with Crippen molar-refractivity contribution in [1.29, 1.82) is 0 Å². The number of benzene rings is 1. The maximum Gasteiger partial charge on any atom is 0.398 e. The molecular weight excluding hydrogens is 627 g/mol. The molecular formula is C26H36F3N7O8S. The fourth-order valence-corrected chi connectivity index (χ4v) is 4.10. The van der Waals surface area contributed by atoms with E-state index in [0.717, 1.165) is 6.92 Å². The Morgan fingerprint density at radius 2 is 1.42 bits per heavy atom. The van der Waals surface area contributed by atoms with E-state index < -0.39 is 89.6 Å². The van der Waals surface area contributed by atoms with Crippen molar-refractivity contribution in [2.24, 2.45) is 5.73 Å². The minimum atomic E-state index is -4.62. The third-order valence-corrected chi connectivity index (χ3v) is 6.80. The van der Waals surface area contributed by atoms with E-state index in [1.165, 1.54) is 26.1 Å². The number of likely N-dealkylation sites (N-methyl/N-ethyl adjacent to an activating group) is 1. The molecule has 19 heteroatoms. The van der Waals surface area contributed by atoms with Crippen LogP contribution in [0, 0.1) is 0 Å². The molecule has 0 spiro atoms. The number of carbonyl (C=O) groups is 7. The average molecular weight is 664 g/mol. The highest BCUT2D eigenvalue weighted by Crippen LogP contribution is 2.22. The zero-order chi connectivity index (χ0) is 34.3. The molecule has 1 aromatic carbocycles. The number of alkyl halides is 3. The number of nitrogens with one attached hydrogen (secondary N) is 6. The highest BCUT2D eigenvalue weighted by atomic mass is 32.2. The Labute approximate surface area is 260 Å². The van der Waals surface area contributed by atoms with Gasteiger partial charge in [-0.3, -0.25) is 33.6 Å². The van der Waals surface area contributed by atoms with Gasteiger partial charge in [0.05, 0.1) is 31.3 Å². The summed E-state index contributed by atoms with van der Waals surface area (Å²) in [5, 5.41) is 22.5. The minimum absolute atomic E-state index is 0.000934. The molecule has 9 N–H and O–H groups in total. The second-order valence-electron chi connectivity index (χ2n) is 9.71. The van der Waals surface area contributed by atoms with Crippen LogP contribution in [0.3, 0.4) is 0 Å². The van der Waals surface area contributed by atoms with E-state index in [9.17, 15) is 51.8 Å². The van der Waals surface area contributed by atoms with Crippen LogP contribution in [0.15, 0.2) is 24.3 Å². The number of phenolic OH excluding ortho intramolecular Hbond substituents is 1. The number of rotatable bonds is 17. The lowest BCUT2D eigenvalue weighted by molar-refractivity contribution is -0.134. The molecule has 15 nitrogen and oxygen atoms in total. The molecule has 1 aromatic rings. The number of amides is 6. The summed E-state index contributed by atoms with van der Waals surface area (Å²) >= 11 is -0.0691. The first kappa shape index (κ1) is 38.6. The average Bonchev–Trinajstić information content (AvgIpc) is 2.94. The maximum atomic E-state index is 12.8. The Morgan fingerprint density at radius 1 is 0.822 bits per heavy atom. The standard InChI is InChI=1S/C26H36F3N7O8S/c1-13(22(41)36-18(9-19(30)38)24(43)34-14(2)25(44)45-12-26(27,28)29)33-21(40)11-32-23(42)17(35-20(39)10-31-3)8-15-4-6-16(37)7-5-15/h4-7,13-14,17-18,31,37H,8-12H2,1-3H3,(H2,30,38)(H,32,42)(H,33,40)(H,34,43)(H,35,39)(H,36,41)/t13?,14?,17-,18-/m0/s1. The summed E-state index contributed by atoms with van der Waals surface area (Å²) in [4.78, 5) is 86.0. The molecule has 6 amide bonds. The summed E-state index contributed by atoms with van der Waals surface area (Å²) in [6.45, 7) is 1.63. The van der Waals surface area contributed by atoms with Gasteiger partial charge in [-0.15, -0.1) is 0 Å². The van der Waals surface area contributed by atoms with Gasteiger partial charge in [0.2, 0.25) is 40.6 Å². The molecule has 0 saturated heterocycles. The van der Waals surface area contributed by atoms with E-state index in [1.807, 2.05) is 0 Å². The van der Waals surface area contributed by atoms with E-state index >= 15 is 0 Å². The number of nitrogens with two attached hydrogens (primary N) is 1. The second kappa shape index (κ2) is 18.4. The van der Waals surface area contributed by atoms with Crippen molar-refractivity contribution in [3.63, 3.8) is 0 Å². The Morgan fingerprint density at radius 3 is 1.98 bits per heavy atom. The lowest BCUT2D eigenvalue weighted by atomic mass is 10.0. The summed E-state index contributed by atoms with van der Waals surface area (Å²) in [6.07, 6.45) is -5.32. The number of phenols is 1. The number of hydrogen-bond donors (Lipinski definition) is 8. The van der Waals surface area contributed by atoms with Gasteiger partial charge in [0, 0.05) is 6.42 Å². The molecule has 2 unspecified atom stereocenters. The van der Waals surface area contributed by atoms with Crippen molar-refractivity contribution in [3.05, 3.63) is 29.8 Å². The summed E-state index contributed by atoms with van der Waals surface area (Å²) in [5.41, 5.74) is 5.73. The van der Waals surface area contributed by atoms with Crippen molar-refractivity contribution in [1.82, 2.24) is 31.9 Å². The fraction of sp³-hybridized carbons (Fsp3) is 0.500. The lowest BCUT2D eigenvalue weighted by Crippen LogP contribution is -2.56. The fourth-order valence-electron chi connectivity index (χ4n) is 3.49. The monoisotopic (exact) mass is 663 g/mol. The van der Waals surface area contributed by atoms with E-state index in [4.69, 9.17) is 5.73 Å². The molecule has 4 atom stereocenters. The summed E-state index contributed by atoms with van der Waals surface area (Å²) in [5.74, 6) is -6.62. The van der Waals surface area contributed by atoms with Crippen LogP contribution in [0.4, 0.5) is 13.2 Å². The highest BCUT2D eigenvalue weighted by molar-refractivity contribution is 8.13. The number of thioether (sulfide) groups is 1. The van der Waals surface area contributed by atoms with E-state index in [-0.39, 0.29) is 30.5 Å².